The van der Waals surface area contributed by atoms with Gasteiger partial charge in [0.05, 0.1) is 5.56 Å². The molecule has 0 radical (unpaired) electrons. The first-order valence-corrected chi connectivity index (χ1v) is 11.1. The molecule has 0 aliphatic carbocycles. The van der Waals surface area contributed by atoms with Gasteiger partial charge in [0.25, 0.3) is 0 Å². The molecule has 0 fully saturated rings. The first-order valence-electron chi connectivity index (χ1n) is 11.1. The molecule has 0 N–H and O–H groups in total. The van der Waals surface area contributed by atoms with Crippen molar-refractivity contribution in [2.45, 2.75) is 25.9 Å². The van der Waals surface area contributed by atoms with E-state index in [1.807, 2.05) is 18.2 Å². The molecule has 0 atom stereocenters. The summed E-state index contributed by atoms with van der Waals surface area (Å²) in [4.78, 5) is 0. The van der Waals surface area contributed by atoms with Gasteiger partial charge in [-0.15, -0.1) is 0 Å². The molecular weight excluding hydrogens is 417 g/mol. The van der Waals surface area contributed by atoms with E-state index in [0.29, 0.717) is 5.92 Å². The third kappa shape index (κ3) is 3.89. The standard InChI is InChI=1S/C30H23F3/c1-19(2)25-16-13-21-7-3-6-10-27(21)29(25)28-18-23(17-22-8-4-5-9-26(22)28)20-11-14-24(15-12-20)30(31,32)33/h3-19H,1-2H3. The summed E-state index contributed by atoms with van der Waals surface area (Å²) in [5.41, 5.74) is 4.57. The van der Waals surface area contributed by atoms with Crippen LogP contribution in [0.15, 0.2) is 97.1 Å². The molecule has 0 aliphatic heterocycles. The lowest BCUT2D eigenvalue weighted by Gasteiger charge is -2.19. The summed E-state index contributed by atoms with van der Waals surface area (Å²) in [5.74, 6) is 0.318. The highest BCUT2D eigenvalue weighted by Gasteiger charge is 2.30. The predicted octanol–water partition coefficient (Wildman–Crippen LogP) is 9.47. The Kier molecular flexibility index (Phi) is 5.20. The Balaban J connectivity index is 1.81. The Morgan fingerprint density at radius 2 is 1.24 bits per heavy atom. The largest absolute Gasteiger partial charge is 0.416 e. The maximum Gasteiger partial charge on any atom is 0.416 e. The van der Waals surface area contributed by atoms with Gasteiger partial charge in [0, 0.05) is 0 Å². The van der Waals surface area contributed by atoms with Crippen molar-refractivity contribution >= 4 is 21.5 Å². The van der Waals surface area contributed by atoms with Gasteiger partial charge in [0.2, 0.25) is 0 Å². The average molecular weight is 441 g/mol. The molecule has 3 heteroatoms. The van der Waals surface area contributed by atoms with E-state index in [1.165, 1.54) is 21.9 Å². The molecule has 0 unspecified atom stereocenters. The van der Waals surface area contributed by atoms with Crippen LogP contribution < -0.4 is 0 Å². The Morgan fingerprint density at radius 3 is 1.91 bits per heavy atom. The van der Waals surface area contributed by atoms with Gasteiger partial charge in [-0.2, -0.15) is 13.2 Å². The molecule has 5 aromatic carbocycles. The van der Waals surface area contributed by atoms with Crippen molar-refractivity contribution in [3.05, 3.63) is 108 Å². The van der Waals surface area contributed by atoms with Crippen molar-refractivity contribution in [2.24, 2.45) is 0 Å². The lowest BCUT2D eigenvalue weighted by atomic mass is 9.85. The van der Waals surface area contributed by atoms with E-state index in [9.17, 15) is 13.2 Å². The van der Waals surface area contributed by atoms with Crippen LogP contribution in [0.4, 0.5) is 13.2 Å². The van der Waals surface area contributed by atoms with Crippen molar-refractivity contribution in [1.82, 2.24) is 0 Å². The number of fused-ring (bicyclic) bond motifs is 2. The lowest BCUT2D eigenvalue weighted by Crippen LogP contribution is -2.04. The van der Waals surface area contributed by atoms with Crippen molar-refractivity contribution in [3.63, 3.8) is 0 Å². The molecule has 0 spiro atoms. The smallest absolute Gasteiger partial charge is 0.166 e. The molecule has 0 aliphatic rings. The third-order valence-electron chi connectivity index (χ3n) is 6.26. The van der Waals surface area contributed by atoms with Gasteiger partial charge < -0.3 is 0 Å². The van der Waals surface area contributed by atoms with Crippen LogP contribution in [0.3, 0.4) is 0 Å². The fourth-order valence-electron chi connectivity index (χ4n) is 4.61. The highest BCUT2D eigenvalue weighted by Crippen LogP contribution is 2.42. The molecule has 0 bridgehead atoms. The zero-order valence-corrected chi connectivity index (χ0v) is 18.4. The van der Waals surface area contributed by atoms with E-state index < -0.39 is 11.7 Å². The van der Waals surface area contributed by atoms with Gasteiger partial charge in [0.1, 0.15) is 0 Å². The second-order valence-corrected chi connectivity index (χ2v) is 8.73. The van der Waals surface area contributed by atoms with Gasteiger partial charge in [-0.3, -0.25) is 0 Å². The monoisotopic (exact) mass is 440 g/mol. The van der Waals surface area contributed by atoms with Crippen LogP contribution >= 0.6 is 0 Å². The first-order chi connectivity index (χ1) is 15.8. The van der Waals surface area contributed by atoms with E-state index in [2.05, 4.69) is 68.4 Å². The summed E-state index contributed by atoms with van der Waals surface area (Å²) in [6, 6.07) is 30.5. The van der Waals surface area contributed by atoms with Gasteiger partial charge >= 0.3 is 6.18 Å². The molecule has 0 nitrogen and oxygen atoms in total. The Morgan fingerprint density at radius 1 is 0.606 bits per heavy atom. The molecule has 0 amide bonds. The quantitative estimate of drug-likeness (QED) is 0.262. The fraction of sp³-hybridized carbons (Fsp3) is 0.133. The van der Waals surface area contributed by atoms with Crippen LogP contribution in [0.2, 0.25) is 0 Å². The van der Waals surface area contributed by atoms with Crippen molar-refractivity contribution in [1.29, 1.82) is 0 Å². The zero-order chi connectivity index (χ0) is 23.2. The third-order valence-corrected chi connectivity index (χ3v) is 6.26. The molecule has 5 rings (SSSR count). The molecular formula is C30H23F3. The minimum Gasteiger partial charge on any atom is -0.166 e. The van der Waals surface area contributed by atoms with E-state index in [0.717, 1.165) is 39.6 Å². The van der Waals surface area contributed by atoms with Gasteiger partial charge in [-0.25, -0.2) is 0 Å². The lowest BCUT2D eigenvalue weighted by molar-refractivity contribution is -0.137. The number of halogens is 3. The van der Waals surface area contributed by atoms with Gasteiger partial charge in [-0.1, -0.05) is 86.6 Å². The molecule has 5 aromatic rings. The molecule has 164 valence electrons. The SMILES string of the molecule is CC(C)c1ccc2ccccc2c1-c1cc(-c2ccc(C(F)(F)F)cc2)cc2ccccc12. The van der Waals surface area contributed by atoms with Crippen LogP contribution in [0.25, 0.3) is 43.8 Å². The van der Waals surface area contributed by atoms with Crippen LogP contribution in [-0.2, 0) is 6.18 Å². The highest BCUT2D eigenvalue weighted by atomic mass is 19.4. The van der Waals surface area contributed by atoms with Gasteiger partial charge in [-0.05, 0) is 79.5 Å². The summed E-state index contributed by atoms with van der Waals surface area (Å²) < 4.78 is 39.3. The predicted molar refractivity (Wildman–Crippen MR) is 131 cm³/mol. The van der Waals surface area contributed by atoms with Crippen molar-refractivity contribution in [2.75, 3.05) is 0 Å². The van der Waals surface area contributed by atoms with E-state index in [-0.39, 0.29) is 0 Å². The minimum atomic E-state index is -4.35. The Bertz CT molecular complexity index is 1460. The van der Waals surface area contributed by atoms with Gasteiger partial charge in [0.15, 0.2) is 0 Å². The average Bonchev–Trinajstić information content (AvgIpc) is 2.82. The summed E-state index contributed by atoms with van der Waals surface area (Å²) in [6.07, 6.45) is -4.35. The highest BCUT2D eigenvalue weighted by molar-refractivity contribution is 6.08. The van der Waals surface area contributed by atoms with Crippen LogP contribution in [0, 0.1) is 0 Å². The van der Waals surface area contributed by atoms with Crippen molar-refractivity contribution in [3.8, 4) is 22.3 Å². The summed E-state index contributed by atoms with van der Waals surface area (Å²) >= 11 is 0. The summed E-state index contributed by atoms with van der Waals surface area (Å²) in [7, 11) is 0. The number of hydrogen-bond acceptors (Lipinski definition) is 0. The summed E-state index contributed by atoms with van der Waals surface area (Å²) in [5, 5.41) is 4.54. The fourth-order valence-corrected chi connectivity index (χ4v) is 4.61. The van der Waals surface area contributed by atoms with Crippen LogP contribution in [0.5, 0.6) is 0 Å². The van der Waals surface area contributed by atoms with E-state index in [4.69, 9.17) is 0 Å². The molecule has 0 saturated heterocycles. The number of alkyl halides is 3. The maximum absolute atomic E-state index is 13.1. The van der Waals surface area contributed by atoms with Crippen LogP contribution in [0.1, 0.15) is 30.9 Å². The number of benzene rings is 5. The minimum absolute atomic E-state index is 0.318. The molecule has 0 heterocycles. The molecule has 0 aromatic heterocycles. The normalized spacial score (nSPS) is 12.1. The first kappa shape index (κ1) is 21.3. The van der Waals surface area contributed by atoms with Crippen LogP contribution in [-0.4, -0.2) is 0 Å². The second-order valence-electron chi connectivity index (χ2n) is 8.73. The van der Waals surface area contributed by atoms with E-state index in [1.54, 1.807) is 12.1 Å². The molecule has 33 heavy (non-hydrogen) atoms. The maximum atomic E-state index is 13.1. The number of hydrogen-bond donors (Lipinski definition) is 0. The number of rotatable bonds is 3. The second kappa shape index (κ2) is 8.08. The van der Waals surface area contributed by atoms with Crippen molar-refractivity contribution < 1.29 is 13.2 Å². The Hall–Kier alpha value is -3.59. The topological polar surface area (TPSA) is 0 Å². The summed E-state index contributed by atoms with van der Waals surface area (Å²) in [6.45, 7) is 4.38. The molecule has 0 saturated carbocycles. The zero-order valence-electron chi connectivity index (χ0n) is 18.4. The van der Waals surface area contributed by atoms with E-state index >= 15 is 0 Å². The Labute approximate surface area is 191 Å².